The van der Waals surface area contributed by atoms with Gasteiger partial charge in [0.1, 0.15) is 23.2 Å². The number of aliphatic carboxylic acids is 1. The highest BCUT2D eigenvalue weighted by molar-refractivity contribution is 6.05. The molecule has 2 N–H and O–H groups in total. The van der Waals surface area contributed by atoms with E-state index >= 15 is 0 Å². The molecule has 1 unspecified atom stereocenters. The zero-order chi connectivity index (χ0) is 25.2. The summed E-state index contributed by atoms with van der Waals surface area (Å²) in [5.41, 5.74) is 2.06. The molecule has 35 heavy (non-hydrogen) atoms. The minimum absolute atomic E-state index is 0.270. The van der Waals surface area contributed by atoms with E-state index in [0.29, 0.717) is 35.1 Å². The Morgan fingerprint density at radius 2 is 1.54 bits per heavy atom. The van der Waals surface area contributed by atoms with Crippen LogP contribution in [0.5, 0.6) is 23.0 Å². The Labute approximate surface area is 205 Å². The fourth-order valence-corrected chi connectivity index (χ4v) is 3.69. The molecule has 0 spiro atoms. The molecule has 0 saturated carbocycles. The van der Waals surface area contributed by atoms with Crippen LogP contribution in [0.3, 0.4) is 0 Å². The zero-order valence-electron chi connectivity index (χ0n) is 20.2. The average Bonchev–Trinajstić information content (AvgIpc) is 2.88. The summed E-state index contributed by atoms with van der Waals surface area (Å²) in [4.78, 5) is 24.7. The van der Waals surface area contributed by atoms with Crippen molar-refractivity contribution in [3.63, 3.8) is 0 Å². The molecule has 0 aliphatic carbocycles. The number of rotatable bonds is 12. The smallest absolute Gasteiger partial charge is 0.316 e. The van der Waals surface area contributed by atoms with Crippen LogP contribution in [-0.4, -0.2) is 31.2 Å². The minimum Gasteiger partial charge on any atom is -0.497 e. The first-order chi connectivity index (χ1) is 17.0. The third-order valence-corrected chi connectivity index (χ3v) is 5.65. The fraction of sp³-hybridized carbons (Fsp3) is 0.286. The van der Waals surface area contributed by atoms with Gasteiger partial charge in [-0.3, -0.25) is 9.59 Å². The summed E-state index contributed by atoms with van der Waals surface area (Å²) in [5.74, 6) is -0.800. The van der Waals surface area contributed by atoms with Crippen LogP contribution in [0.25, 0.3) is 11.1 Å². The van der Waals surface area contributed by atoms with Crippen molar-refractivity contribution in [3.8, 4) is 34.1 Å². The highest BCUT2D eigenvalue weighted by atomic mass is 16.5. The van der Waals surface area contributed by atoms with E-state index in [1.807, 2.05) is 43.3 Å². The summed E-state index contributed by atoms with van der Waals surface area (Å²) in [6, 6.07) is 20.2. The van der Waals surface area contributed by atoms with Crippen LogP contribution < -0.4 is 19.5 Å². The molecule has 0 saturated heterocycles. The van der Waals surface area contributed by atoms with Gasteiger partial charge in [0.2, 0.25) is 5.91 Å². The third-order valence-electron chi connectivity index (χ3n) is 5.65. The molecular weight excluding hydrogens is 446 g/mol. The highest BCUT2D eigenvalue weighted by Crippen LogP contribution is 2.39. The Bertz CT molecular complexity index is 1150. The van der Waals surface area contributed by atoms with Crippen molar-refractivity contribution >= 4 is 17.6 Å². The van der Waals surface area contributed by atoms with E-state index in [1.165, 1.54) is 7.11 Å². The summed E-state index contributed by atoms with van der Waals surface area (Å²) in [5, 5.41) is 12.4. The monoisotopic (exact) mass is 477 g/mol. The van der Waals surface area contributed by atoms with Crippen LogP contribution in [0.15, 0.2) is 66.7 Å². The molecule has 1 atom stereocenters. The Balaban J connectivity index is 1.94. The highest BCUT2D eigenvalue weighted by Gasteiger charge is 2.27. The Hall–Kier alpha value is -4.00. The van der Waals surface area contributed by atoms with E-state index < -0.39 is 17.8 Å². The molecule has 0 radical (unpaired) electrons. The molecule has 0 aromatic heterocycles. The molecule has 0 heterocycles. The number of nitrogens with one attached hydrogen (secondary N) is 1. The second-order valence-corrected chi connectivity index (χ2v) is 8.07. The van der Waals surface area contributed by atoms with Crippen molar-refractivity contribution < 1.29 is 28.9 Å². The van der Waals surface area contributed by atoms with Gasteiger partial charge < -0.3 is 24.6 Å². The van der Waals surface area contributed by atoms with E-state index in [-0.39, 0.29) is 6.42 Å². The average molecular weight is 478 g/mol. The van der Waals surface area contributed by atoms with Gasteiger partial charge in [0, 0.05) is 11.6 Å². The van der Waals surface area contributed by atoms with Crippen molar-refractivity contribution in [1.29, 1.82) is 0 Å². The number of unbranched alkanes of at least 4 members (excludes halogenated alkanes) is 2. The van der Waals surface area contributed by atoms with Crippen molar-refractivity contribution in [2.24, 2.45) is 5.92 Å². The standard InChI is InChI=1S/C28H31NO6/c1-4-5-7-12-22(28(31)32)27(30)29-24-18-21(34-3)14-16-26(24)35-25-15-13-20(33-2)17-23(25)19-10-8-6-9-11-19/h6,8-11,13-18,22H,4-5,7,12H2,1-3H3,(H,29,30)(H,31,32). The van der Waals surface area contributed by atoms with E-state index in [2.05, 4.69) is 5.32 Å². The molecule has 3 rings (SSSR count). The van der Waals surface area contributed by atoms with Crippen molar-refractivity contribution in [1.82, 2.24) is 0 Å². The van der Waals surface area contributed by atoms with Crippen LogP contribution in [0.4, 0.5) is 5.69 Å². The minimum atomic E-state index is -1.15. The number of ether oxygens (including phenoxy) is 3. The zero-order valence-corrected chi connectivity index (χ0v) is 20.2. The van der Waals surface area contributed by atoms with Gasteiger partial charge >= 0.3 is 5.97 Å². The summed E-state index contributed by atoms with van der Waals surface area (Å²) >= 11 is 0. The molecule has 0 aliphatic rings. The maximum atomic E-state index is 12.9. The second-order valence-electron chi connectivity index (χ2n) is 8.07. The van der Waals surface area contributed by atoms with Crippen molar-refractivity contribution in [3.05, 3.63) is 66.7 Å². The number of carboxylic acids is 1. The van der Waals surface area contributed by atoms with Crippen molar-refractivity contribution in [2.45, 2.75) is 32.6 Å². The first kappa shape index (κ1) is 25.6. The SMILES string of the molecule is CCCCCC(C(=O)O)C(=O)Nc1cc(OC)ccc1Oc1ccc(OC)cc1-c1ccccc1. The Kier molecular flexibility index (Phi) is 9.12. The van der Waals surface area contributed by atoms with Crippen LogP contribution in [0, 0.1) is 5.92 Å². The molecule has 0 bridgehead atoms. The molecule has 7 heteroatoms. The fourth-order valence-electron chi connectivity index (χ4n) is 3.69. The van der Waals surface area contributed by atoms with Gasteiger partial charge in [-0.15, -0.1) is 0 Å². The summed E-state index contributed by atoms with van der Waals surface area (Å²) in [6.45, 7) is 2.03. The molecule has 3 aromatic rings. The lowest BCUT2D eigenvalue weighted by atomic mass is 10.0. The van der Waals surface area contributed by atoms with Gasteiger partial charge in [-0.05, 0) is 42.3 Å². The molecule has 0 fully saturated rings. The van der Waals surface area contributed by atoms with Gasteiger partial charge in [0.25, 0.3) is 0 Å². The predicted molar refractivity (Wildman–Crippen MR) is 135 cm³/mol. The van der Waals surface area contributed by atoms with Gasteiger partial charge in [0.05, 0.1) is 19.9 Å². The normalized spacial score (nSPS) is 11.4. The first-order valence-corrected chi connectivity index (χ1v) is 11.6. The number of carboxylic acid groups (broad SMARTS) is 1. The van der Waals surface area contributed by atoms with Crippen LogP contribution in [0.1, 0.15) is 32.6 Å². The molecule has 184 valence electrons. The van der Waals surface area contributed by atoms with E-state index in [4.69, 9.17) is 14.2 Å². The number of carbonyl (C=O) groups is 2. The van der Waals surface area contributed by atoms with E-state index in [1.54, 1.807) is 37.4 Å². The molecule has 0 aliphatic heterocycles. The van der Waals surface area contributed by atoms with Gasteiger partial charge in [0.15, 0.2) is 5.75 Å². The van der Waals surface area contributed by atoms with E-state index in [0.717, 1.165) is 24.0 Å². The lowest BCUT2D eigenvalue weighted by Gasteiger charge is -2.18. The lowest BCUT2D eigenvalue weighted by Crippen LogP contribution is -2.29. The number of hydrogen-bond donors (Lipinski definition) is 2. The first-order valence-electron chi connectivity index (χ1n) is 11.6. The second kappa shape index (κ2) is 12.5. The Morgan fingerprint density at radius 1 is 0.886 bits per heavy atom. The molecule has 7 nitrogen and oxygen atoms in total. The summed E-state index contributed by atoms with van der Waals surface area (Å²) in [6.07, 6.45) is 2.73. The number of anilines is 1. The quantitative estimate of drug-likeness (QED) is 0.232. The van der Waals surface area contributed by atoms with Gasteiger partial charge in [-0.1, -0.05) is 56.5 Å². The number of benzene rings is 3. The predicted octanol–water partition coefficient (Wildman–Crippen LogP) is 6.38. The van der Waals surface area contributed by atoms with Crippen LogP contribution >= 0.6 is 0 Å². The van der Waals surface area contributed by atoms with Crippen molar-refractivity contribution in [2.75, 3.05) is 19.5 Å². The molecule has 1 amide bonds. The maximum Gasteiger partial charge on any atom is 0.316 e. The van der Waals surface area contributed by atoms with Gasteiger partial charge in [-0.2, -0.15) is 0 Å². The largest absolute Gasteiger partial charge is 0.497 e. The summed E-state index contributed by atoms with van der Waals surface area (Å²) < 4.78 is 17.0. The molecule has 3 aromatic carbocycles. The lowest BCUT2D eigenvalue weighted by molar-refractivity contribution is -0.145. The number of carbonyl (C=O) groups excluding carboxylic acids is 1. The van der Waals surface area contributed by atoms with Crippen LogP contribution in [-0.2, 0) is 9.59 Å². The van der Waals surface area contributed by atoms with Gasteiger partial charge in [-0.25, -0.2) is 0 Å². The number of hydrogen-bond acceptors (Lipinski definition) is 5. The topological polar surface area (TPSA) is 94.1 Å². The summed E-state index contributed by atoms with van der Waals surface area (Å²) in [7, 11) is 3.12. The number of methoxy groups -OCH3 is 2. The molecular formula is C28H31NO6. The maximum absolute atomic E-state index is 12.9. The van der Waals surface area contributed by atoms with E-state index in [9.17, 15) is 14.7 Å². The Morgan fingerprint density at radius 3 is 2.17 bits per heavy atom. The number of amides is 1. The third kappa shape index (κ3) is 6.76. The van der Waals surface area contributed by atoms with Crippen LogP contribution in [0.2, 0.25) is 0 Å².